The van der Waals surface area contributed by atoms with Crippen molar-refractivity contribution in [2.75, 3.05) is 11.5 Å². The Morgan fingerprint density at radius 1 is 1.28 bits per heavy atom. The number of nitrogens with two attached hydrogens (primary N) is 1. The first-order chi connectivity index (χ1) is 8.47. The maximum atomic E-state index is 11.9. The molecule has 6 heteroatoms. The fourth-order valence-corrected chi connectivity index (χ4v) is 2.69. The molecule has 1 heterocycles. The Morgan fingerprint density at radius 3 is 2.50 bits per heavy atom. The summed E-state index contributed by atoms with van der Waals surface area (Å²) in [4.78, 5) is 3.79. The van der Waals surface area contributed by atoms with E-state index in [0.717, 1.165) is 5.56 Å². The van der Waals surface area contributed by atoms with Gasteiger partial charge in [0.2, 0.25) is 14.9 Å². The minimum absolute atomic E-state index is 0.00838. The monoisotopic (exact) mass is 266 g/mol. The summed E-state index contributed by atoms with van der Waals surface area (Å²) in [5.41, 5.74) is 7.14. The van der Waals surface area contributed by atoms with Gasteiger partial charge in [-0.2, -0.15) is 0 Å². The van der Waals surface area contributed by atoms with Gasteiger partial charge in [-0.1, -0.05) is 12.1 Å². The molecule has 0 saturated carbocycles. The van der Waals surface area contributed by atoms with Crippen LogP contribution in [0.3, 0.4) is 0 Å². The lowest BCUT2D eigenvalue weighted by Gasteiger charge is -2.02. The van der Waals surface area contributed by atoms with Crippen LogP contribution in [0.15, 0.2) is 40.0 Å². The lowest BCUT2D eigenvalue weighted by atomic mass is 10.2. The first-order valence-electron chi connectivity index (χ1n) is 5.47. The van der Waals surface area contributed by atoms with Gasteiger partial charge in [-0.3, -0.25) is 0 Å². The van der Waals surface area contributed by atoms with Crippen molar-refractivity contribution in [3.05, 3.63) is 41.9 Å². The number of sulfone groups is 1. The molecule has 2 N–H and O–H groups in total. The highest BCUT2D eigenvalue weighted by Gasteiger charge is 2.19. The van der Waals surface area contributed by atoms with Crippen LogP contribution in [0.1, 0.15) is 11.5 Å². The fourth-order valence-electron chi connectivity index (χ4n) is 1.52. The standard InChI is InChI=1S/C12H14N2O3S/c1-9-14-8-12(17-9)18(15,16)7-6-10-2-4-11(13)5-3-10/h2-5,8H,6-7,13H2,1H3. The molecule has 0 saturated heterocycles. The van der Waals surface area contributed by atoms with Crippen LogP contribution in [0.2, 0.25) is 0 Å². The summed E-state index contributed by atoms with van der Waals surface area (Å²) < 4.78 is 28.9. The second-order valence-electron chi connectivity index (χ2n) is 4.01. The van der Waals surface area contributed by atoms with Crippen molar-refractivity contribution >= 4 is 15.5 Å². The van der Waals surface area contributed by atoms with Gasteiger partial charge in [-0.15, -0.1) is 0 Å². The molecular formula is C12H14N2O3S. The number of hydrogen-bond donors (Lipinski definition) is 1. The summed E-state index contributed by atoms with van der Waals surface area (Å²) in [6.45, 7) is 1.61. The normalized spacial score (nSPS) is 11.6. The molecule has 0 aliphatic carbocycles. The van der Waals surface area contributed by atoms with Crippen LogP contribution in [0.25, 0.3) is 0 Å². The van der Waals surface area contributed by atoms with Crippen molar-refractivity contribution in [3.63, 3.8) is 0 Å². The number of nitrogens with zero attached hydrogens (tertiary/aromatic N) is 1. The molecule has 0 aliphatic rings. The summed E-state index contributed by atoms with van der Waals surface area (Å²) in [6.07, 6.45) is 1.66. The molecule has 2 rings (SSSR count). The van der Waals surface area contributed by atoms with Gasteiger partial charge in [0.15, 0.2) is 5.89 Å². The number of aromatic nitrogens is 1. The molecule has 1 aromatic carbocycles. The van der Waals surface area contributed by atoms with Gasteiger partial charge in [0, 0.05) is 12.6 Å². The average Bonchev–Trinajstić information content (AvgIpc) is 2.76. The number of benzene rings is 1. The molecule has 2 aromatic rings. The number of rotatable bonds is 4. The van der Waals surface area contributed by atoms with Gasteiger partial charge in [0.1, 0.15) is 0 Å². The van der Waals surface area contributed by atoms with Gasteiger partial charge >= 0.3 is 0 Å². The second kappa shape index (κ2) is 4.81. The predicted molar refractivity (Wildman–Crippen MR) is 67.9 cm³/mol. The third kappa shape index (κ3) is 2.89. The van der Waals surface area contributed by atoms with Crippen LogP contribution >= 0.6 is 0 Å². The van der Waals surface area contributed by atoms with E-state index in [1.807, 2.05) is 12.1 Å². The molecule has 0 spiro atoms. The Balaban J connectivity index is 2.08. The van der Waals surface area contributed by atoms with Crippen molar-refractivity contribution in [1.29, 1.82) is 0 Å². The van der Waals surface area contributed by atoms with E-state index in [0.29, 0.717) is 18.0 Å². The Labute approximate surface area is 106 Å². The molecule has 96 valence electrons. The number of oxazole rings is 1. The van der Waals surface area contributed by atoms with E-state index in [-0.39, 0.29) is 10.8 Å². The van der Waals surface area contributed by atoms with Crippen LogP contribution in [-0.2, 0) is 16.3 Å². The molecule has 0 fully saturated rings. The highest BCUT2D eigenvalue weighted by molar-refractivity contribution is 7.91. The third-order valence-corrected chi connectivity index (χ3v) is 4.09. The minimum atomic E-state index is -3.41. The molecule has 0 aliphatic heterocycles. The minimum Gasteiger partial charge on any atom is -0.430 e. The van der Waals surface area contributed by atoms with Crippen molar-refractivity contribution in [2.45, 2.75) is 18.4 Å². The zero-order valence-corrected chi connectivity index (χ0v) is 10.8. The van der Waals surface area contributed by atoms with Crippen LogP contribution in [0.4, 0.5) is 5.69 Å². The Morgan fingerprint density at radius 2 is 1.94 bits per heavy atom. The molecular weight excluding hydrogens is 252 g/mol. The maximum Gasteiger partial charge on any atom is 0.238 e. The molecule has 0 radical (unpaired) electrons. The molecule has 5 nitrogen and oxygen atoms in total. The topological polar surface area (TPSA) is 86.2 Å². The molecule has 0 bridgehead atoms. The first-order valence-corrected chi connectivity index (χ1v) is 7.12. The highest BCUT2D eigenvalue weighted by atomic mass is 32.2. The van der Waals surface area contributed by atoms with Gasteiger partial charge in [0.25, 0.3) is 0 Å². The molecule has 0 atom stereocenters. The Bertz CT molecular complexity index is 630. The lowest BCUT2D eigenvalue weighted by Crippen LogP contribution is -2.08. The molecule has 0 amide bonds. The van der Waals surface area contributed by atoms with Crippen LogP contribution < -0.4 is 5.73 Å². The number of anilines is 1. The molecule has 0 unspecified atom stereocenters. The number of hydrogen-bond acceptors (Lipinski definition) is 5. The van der Waals surface area contributed by atoms with Crippen molar-refractivity contribution < 1.29 is 12.8 Å². The summed E-state index contributed by atoms with van der Waals surface area (Å²) in [6, 6.07) is 7.13. The van der Waals surface area contributed by atoms with Crippen LogP contribution in [-0.4, -0.2) is 19.2 Å². The van der Waals surface area contributed by atoms with E-state index < -0.39 is 9.84 Å². The number of nitrogen functional groups attached to an aromatic ring is 1. The Kier molecular flexibility index (Phi) is 3.38. The van der Waals surface area contributed by atoms with Crippen molar-refractivity contribution in [2.24, 2.45) is 0 Å². The van der Waals surface area contributed by atoms with E-state index in [9.17, 15) is 8.42 Å². The highest BCUT2D eigenvalue weighted by Crippen LogP contribution is 2.14. The SMILES string of the molecule is Cc1ncc(S(=O)(=O)CCc2ccc(N)cc2)o1. The largest absolute Gasteiger partial charge is 0.430 e. The quantitative estimate of drug-likeness (QED) is 0.849. The van der Waals surface area contributed by atoms with Crippen LogP contribution in [0, 0.1) is 6.92 Å². The number of aryl methyl sites for hydroxylation is 2. The molecule has 18 heavy (non-hydrogen) atoms. The summed E-state index contributed by atoms with van der Waals surface area (Å²) in [5.74, 6) is 0.340. The van der Waals surface area contributed by atoms with Crippen LogP contribution in [0.5, 0.6) is 0 Å². The second-order valence-corrected chi connectivity index (χ2v) is 6.05. The van der Waals surface area contributed by atoms with Crippen molar-refractivity contribution in [3.8, 4) is 0 Å². The summed E-state index contributed by atoms with van der Waals surface area (Å²) in [7, 11) is -3.41. The molecule has 1 aromatic heterocycles. The van der Waals surface area contributed by atoms with Gasteiger partial charge < -0.3 is 10.2 Å². The van der Waals surface area contributed by atoms with E-state index >= 15 is 0 Å². The fraction of sp³-hybridized carbons (Fsp3) is 0.250. The van der Waals surface area contributed by atoms with E-state index in [4.69, 9.17) is 10.2 Å². The van der Waals surface area contributed by atoms with Gasteiger partial charge in [-0.05, 0) is 24.1 Å². The maximum absolute atomic E-state index is 11.9. The van der Waals surface area contributed by atoms with Gasteiger partial charge in [0.05, 0.1) is 11.9 Å². The first kappa shape index (κ1) is 12.6. The average molecular weight is 266 g/mol. The summed E-state index contributed by atoms with van der Waals surface area (Å²) in [5, 5.41) is -0.0737. The van der Waals surface area contributed by atoms with E-state index in [2.05, 4.69) is 4.98 Å². The predicted octanol–water partition coefficient (Wildman–Crippen LogP) is 1.58. The van der Waals surface area contributed by atoms with E-state index in [1.165, 1.54) is 6.20 Å². The Hall–Kier alpha value is -1.82. The zero-order valence-electron chi connectivity index (χ0n) is 9.96. The van der Waals surface area contributed by atoms with Crippen molar-refractivity contribution in [1.82, 2.24) is 4.98 Å². The van der Waals surface area contributed by atoms with E-state index in [1.54, 1.807) is 19.1 Å². The zero-order chi connectivity index (χ0) is 13.2. The lowest BCUT2D eigenvalue weighted by molar-refractivity contribution is 0.423. The smallest absolute Gasteiger partial charge is 0.238 e. The summed E-state index contributed by atoms with van der Waals surface area (Å²) >= 11 is 0. The van der Waals surface area contributed by atoms with Gasteiger partial charge in [-0.25, -0.2) is 13.4 Å². The third-order valence-electron chi connectivity index (χ3n) is 2.55.